The fourth-order valence-electron chi connectivity index (χ4n) is 1.98. The molecule has 0 fully saturated rings. The Morgan fingerprint density at radius 1 is 0.875 bits per heavy atom. The van der Waals surface area contributed by atoms with Gasteiger partial charge < -0.3 is 18.9 Å². The van der Waals surface area contributed by atoms with E-state index in [9.17, 15) is 9.59 Å². The van der Waals surface area contributed by atoms with E-state index in [1.165, 1.54) is 19.1 Å². The van der Waals surface area contributed by atoms with Gasteiger partial charge in [-0.15, -0.1) is 0 Å². The van der Waals surface area contributed by atoms with Crippen molar-refractivity contribution in [1.29, 1.82) is 0 Å². The second kappa shape index (κ2) is 8.57. The van der Waals surface area contributed by atoms with Crippen molar-refractivity contribution in [3.05, 3.63) is 54.1 Å². The summed E-state index contributed by atoms with van der Waals surface area (Å²) >= 11 is 0. The first kappa shape index (κ1) is 17.3. The van der Waals surface area contributed by atoms with Gasteiger partial charge in [-0.25, -0.2) is 4.79 Å². The number of carbonyl (C=O) groups excluding carboxylic acids is 2. The summed E-state index contributed by atoms with van der Waals surface area (Å²) in [6, 6.07) is 13.6. The van der Waals surface area contributed by atoms with Crippen molar-refractivity contribution in [3.63, 3.8) is 0 Å². The van der Waals surface area contributed by atoms with Crippen molar-refractivity contribution in [2.24, 2.45) is 0 Å². The highest BCUT2D eigenvalue weighted by Crippen LogP contribution is 2.25. The van der Waals surface area contributed by atoms with Crippen LogP contribution in [-0.4, -0.2) is 32.3 Å². The Hall–Kier alpha value is -3.02. The fraction of sp³-hybridized carbons (Fsp3) is 0.222. The summed E-state index contributed by atoms with van der Waals surface area (Å²) in [4.78, 5) is 23.1. The first-order chi connectivity index (χ1) is 11.6. The zero-order valence-electron chi connectivity index (χ0n) is 13.5. The predicted octanol–water partition coefficient (Wildman–Crippen LogP) is 2.86. The lowest BCUT2D eigenvalue weighted by molar-refractivity contribution is -0.131. The summed E-state index contributed by atoms with van der Waals surface area (Å²) in [7, 11) is 1.55. The van der Waals surface area contributed by atoms with Crippen LogP contribution in [0.2, 0.25) is 0 Å². The maximum atomic E-state index is 12.1. The van der Waals surface area contributed by atoms with E-state index in [4.69, 9.17) is 18.9 Å². The molecule has 0 amide bonds. The minimum absolute atomic E-state index is 0.0469. The second-order valence-electron chi connectivity index (χ2n) is 4.73. The van der Waals surface area contributed by atoms with Gasteiger partial charge in [0.25, 0.3) is 0 Å². The van der Waals surface area contributed by atoms with E-state index in [1.807, 2.05) is 12.1 Å². The van der Waals surface area contributed by atoms with Gasteiger partial charge >= 0.3 is 11.9 Å². The van der Waals surface area contributed by atoms with E-state index in [-0.39, 0.29) is 24.5 Å². The number of rotatable bonds is 7. The second-order valence-corrected chi connectivity index (χ2v) is 4.73. The smallest absolute Gasteiger partial charge is 0.342 e. The third-order valence-corrected chi connectivity index (χ3v) is 3.00. The van der Waals surface area contributed by atoms with Crippen molar-refractivity contribution in [3.8, 4) is 17.2 Å². The first-order valence-electron chi connectivity index (χ1n) is 7.32. The van der Waals surface area contributed by atoms with Crippen molar-refractivity contribution in [1.82, 2.24) is 0 Å². The molecule has 0 aliphatic heterocycles. The van der Waals surface area contributed by atoms with E-state index < -0.39 is 11.9 Å². The lowest BCUT2D eigenvalue weighted by Gasteiger charge is -2.11. The van der Waals surface area contributed by atoms with Crippen LogP contribution in [0.5, 0.6) is 17.2 Å². The molecule has 0 spiro atoms. The quantitative estimate of drug-likeness (QED) is 0.442. The zero-order chi connectivity index (χ0) is 17.4. The topological polar surface area (TPSA) is 71.1 Å². The number of esters is 2. The number of methoxy groups -OCH3 is 1. The van der Waals surface area contributed by atoms with Crippen molar-refractivity contribution < 1.29 is 28.5 Å². The average molecular weight is 330 g/mol. The Kier molecular flexibility index (Phi) is 6.19. The third-order valence-electron chi connectivity index (χ3n) is 3.00. The Bertz CT molecular complexity index is 710. The highest BCUT2D eigenvalue weighted by Gasteiger charge is 2.15. The van der Waals surface area contributed by atoms with Gasteiger partial charge in [0.15, 0.2) is 11.5 Å². The third kappa shape index (κ3) is 4.74. The normalized spacial score (nSPS) is 9.92. The first-order valence-corrected chi connectivity index (χ1v) is 7.32. The monoisotopic (exact) mass is 330 g/mol. The van der Waals surface area contributed by atoms with Crippen LogP contribution < -0.4 is 14.2 Å². The van der Waals surface area contributed by atoms with Gasteiger partial charge in [0, 0.05) is 6.92 Å². The van der Waals surface area contributed by atoms with Crippen molar-refractivity contribution in [2.75, 3.05) is 20.3 Å². The molecule has 2 aromatic rings. The van der Waals surface area contributed by atoms with E-state index in [0.29, 0.717) is 11.5 Å². The van der Waals surface area contributed by atoms with Crippen LogP contribution in [0.3, 0.4) is 0 Å². The van der Waals surface area contributed by atoms with Crippen molar-refractivity contribution in [2.45, 2.75) is 6.92 Å². The van der Waals surface area contributed by atoms with Gasteiger partial charge in [0.05, 0.1) is 7.11 Å². The largest absolute Gasteiger partial charge is 0.493 e. The van der Waals surface area contributed by atoms with E-state index >= 15 is 0 Å². The molecule has 0 bridgehead atoms. The highest BCUT2D eigenvalue weighted by atomic mass is 16.6. The standard InChI is InChI=1S/C18H18O6/c1-13(19)24-15-8-4-3-7-14(15)18(20)23-12-11-22-17-10-6-5-9-16(17)21-2/h3-10H,11-12H2,1-2H3. The molecule has 24 heavy (non-hydrogen) atoms. The number of carbonyl (C=O) groups is 2. The Labute approximate surface area is 139 Å². The van der Waals surface area contributed by atoms with Gasteiger partial charge in [0.1, 0.15) is 24.5 Å². The lowest BCUT2D eigenvalue weighted by atomic mass is 10.2. The molecule has 0 N–H and O–H groups in total. The SMILES string of the molecule is COc1ccccc1OCCOC(=O)c1ccccc1OC(C)=O. The molecule has 6 heteroatoms. The van der Waals surface area contributed by atoms with Gasteiger partial charge in [-0.3, -0.25) is 4.79 Å². The van der Waals surface area contributed by atoms with Crippen LogP contribution >= 0.6 is 0 Å². The van der Waals surface area contributed by atoms with Crippen LogP contribution in [0.4, 0.5) is 0 Å². The lowest BCUT2D eigenvalue weighted by Crippen LogP contribution is -2.14. The highest BCUT2D eigenvalue weighted by molar-refractivity contribution is 5.93. The van der Waals surface area contributed by atoms with Gasteiger partial charge in [-0.05, 0) is 24.3 Å². The molecule has 6 nitrogen and oxygen atoms in total. The molecule has 0 aliphatic rings. The summed E-state index contributed by atoms with van der Waals surface area (Å²) in [5.74, 6) is 0.242. The molecule has 2 rings (SSSR count). The molecule has 0 radical (unpaired) electrons. The minimum Gasteiger partial charge on any atom is -0.493 e. The maximum Gasteiger partial charge on any atom is 0.342 e. The summed E-state index contributed by atoms with van der Waals surface area (Å²) in [6.45, 7) is 1.48. The molecule has 0 unspecified atom stereocenters. The molecular weight excluding hydrogens is 312 g/mol. The Morgan fingerprint density at radius 2 is 1.50 bits per heavy atom. The zero-order valence-corrected chi connectivity index (χ0v) is 13.5. The predicted molar refractivity (Wildman–Crippen MR) is 86.5 cm³/mol. The van der Waals surface area contributed by atoms with Crippen LogP contribution in [0, 0.1) is 0 Å². The van der Waals surface area contributed by atoms with Crippen LogP contribution in [-0.2, 0) is 9.53 Å². The number of para-hydroxylation sites is 3. The number of hydrogen-bond acceptors (Lipinski definition) is 6. The maximum absolute atomic E-state index is 12.1. The van der Waals surface area contributed by atoms with Gasteiger partial charge in [0.2, 0.25) is 0 Å². The molecule has 0 atom stereocenters. The molecule has 2 aromatic carbocycles. The number of ether oxygens (including phenoxy) is 4. The van der Waals surface area contributed by atoms with E-state index in [2.05, 4.69) is 0 Å². The fourth-order valence-corrected chi connectivity index (χ4v) is 1.98. The van der Waals surface area contributed by atoms with Crippen LogP contribution in [0.1, 0.15) is 17.3 Å². The van der Waals surface area contributed by atoms with E-state index in [1.54, 1.807) is 31.4 Å². The van der Waals surface area contributed by atoms with Crippen LogP contribution in [0.15, 0.2) is 48.5 Å². The molecular formula is C18H18O6. The summed E-state index contributed by atoms with van der Waals surface area (Å²) in [5.41, 5.74) is 0.185. The van der Waals surface area contributed by atoms with Crippen molar-refractivity contribution >= 4 is 11.9 Å². The molecule has 0 aliphatic carbocycles. The molecule has 126 valence electrons. The summed E-state index contributed by atoms with van der Waals surface area (Å²) in [6.07, 6.45) is 0. The minimum atomic E-state index is -0.588. The van der Waals surface area contributed by atoms with Gasteiger partial charge in [-0.1, -0.05) is 24.3 Å². The number of hydrogen-bond donors (Lipinski definition) is 0. The van der Waals surface area contributed by atoms with Crippen LogP contribution in [0.25, 0.3) is 0 Å². The Balaban J connectivity index is 1.89. The molecule has 0 saturated heterocycles. The molecule has 0 heterocycles. The van der Waals surface area contributed by atoms with Gasteiger partial charge in [-0.2, -0.15) is 0 Å². The van der Waals surface area contributed by atoms with E-state index in [0.717, 1.165) is 0 Å². The molecule has 0 aromatic heterocycles. The summed E-state index contributed by atoms with van der Waals surface area (Å²) in [5, 5.41) is 0. The molecule has 0 saturated carbocycles. The average Bonchev–Trinajstić information content (AvgIpc) is 2.58. The number of benzene rings is 2. The summed E-state index contributed by atoms with van der Waals surface area (Å²) < 4.78 is 20.8. The Morgan fingerprint density at radius 3 is 2.17 bits per heavy atom.